The highest BCUT2D eigenvalue weighted by Crippen LogP contribution is 2.30. The van der Waals surface area contributed by atoms with Crippen molar-refractivity contribution in [2.75, 3.05) is 26.7 Å². The lowest BCUT2D eigenvalue weighted by Crippen LogP contribution is -2.37. The van der Waals surface area contributed by atoms with Crippen molar-refractivity contribution in [1.29, 1.82) is 0 Å². The van der Waals surface area contributed by atoms with Crippen LogP contribution >= 0.6 is 11.3 Å². The molecule has 0 unspecified atom stereocenters. The molecule has 33 heavy (non-hydrogen) atoms. The molecule has 0 spiro atoms. The average Bonchev–Trinajstić information content (AvgIpc) is 3.28. The lowest BCUT2D eigenvalue weighted by Gasteiger charge is -2.28. The molecule has 0 aliphatic carbocycles. The Labute approximate surface area is 199 Å². The predicted molar refractivity (Wildman–Crippen MR) is 130 cm³/mol. The number of thiophene rings is 1. The highest BCUT2D eigenvalue weighted by Gasteiger charge is 2.33. The fourth-order valence-corrected chi connectivity index (χ4v) is 6.87. The van der Waals surface area contributed by atoms with Gasteiger partial charge in [0.1, 0.15) is 22.1 Å². The summed E-state index contributed by atoms with van der Waals surface area (Å²) >= 11 is 1.16. The van der Waals surface area contributed by atoms with Gasteiger partial charge in [0, 0.05) is 20.1 Å². The highest BCUT2D eigenvalue weighted by molar-refractivity contribution is 7.89. The van der Waals surface area contributed by atoms with Crippen molar-refractivity contribution >= 4 is 27.3 Å². The minimum Gasteiger partial charge on any atom is -0.492 e. The van der Waals surface area contributed by atoms with E-state index in [-0.39, 0.29) is 15.7 Å². The van der Waals surface area contributed by atoms with E-state index in [0.717, 1.165) is 33.8 Å². The molecule has 3 aromatic rings. The van der Waals surface area contributed by atoms with Crippen LogP contribution in [0.4, 0.5) is 0 Å². The van der Waals surface area contributed by atoms with Crippen LogP contribution in [0.25, 0.3) is 0 Å². The summed E-state index contributed by atoms with van der Waals surface area (Å²) in [7, 11) is -2.11. The molecule has 1 amide bonds. The third-order valence-electron chi connectivity index (χ3n) is 5.77. The number of sulfonamides is 1. The van der Waals surface area contributed by atoms with Gasteiger partial charge in [0.25, 0.3) is 5.91 Å². The maximum atomic E-state index is 13.4. The second kappa shape index (κ2) is 9.67. The second-order valence-electron chi connectivity index (χ2n) is 8.37. The first-order valence-corrected chi connectivity index (χ1v) is 13.2. The summed E-state index contributed by atoms with van der Waals surface area (Å²) in [6, 6.07) is 15.4. The van der Waals surface area contributed by atoms with E-state index in [4.69, 9.17) is 4.74 Å². The van der Waals surface area contributed by atoms with E-state index in [0.29, 0.717) is 32.7 Å². The van der Waals surface area contributed by atoms with Crippen LogP contribution in [0.15, 0.2) is 58.8 Å². The van der Waals surface area contributed by atoms with Crippen LogP contribution in [-0.2, 0) is 23.0 Å². The number of hydrogen-bond donors (Lipinski definition) is 0. The molecule has 0 saturated carbocycles. The van der Waals surface area contributed by atoms with Gasteiger partial charge in [-0.15, -0.1) is 11.3 Å². The summed E-state index contributed by atoms with van der Waals surface area (Å²) in [6.45, 7) is 5.41. The molecule has 0 fully saturated rings. The van der Waals surface area contributed by atoms with Gasteiger partial charge in [0.2, 0.25) is 10.0 Å². The van der Waals surface area contributed by atoms with Crippen LogP contribution in [0.1, 0.15) is 31.9 Å². The van der Waals surface area contributed by atoms with Crippen molar-refractivity contribution in [1.82, 2.24) is 9.21 Å². The number of fused-ring (bicyclic) bond motifs is 1. The Kier molecular flexibility index (Phi) is 6.88. The number of nitrogens with zero attached hydrogens (tertiary/aromatic N) is 2. The Bertz CT molecular complexity index is 1250. The van der Waals surface area contributed by atoms with E-state index in [1.165, 1.54) is 20.8 Å². The van der Waals surface area contributed by atoms with Crippen molar-refractivity contribution < 1.29 is 17.9 Å². The molecule has 1 aliphatic rings. The Morgan fingerprint density at radius 2 is 1.79 bits per heavy atom. The summed E-state index contributed by atoms with van der Waals surface area (Å²) < 4.78 is 34.1. The minimum absolute atomic E-state index is 0.0824. The highest BCUT2D eigenvalue weighted by atomic mass is 32.2. The number of amides is 1. The first-order chi connectivity index (χ1) is 15.8. The quantitative estimate of drug-likeness (QED) is 0.503. The molecule has 0 bridgehead atoms. The number of aryl methyl sites for hydroxylation is 2. The zero-order valence-electron chi connectivity index (χ0n) is 19.1. The van der Waals surface area contributed by atoms with Gasteiger partial charge in [0.15, 0.2) is 0 Å². The first kappa shape index (κ1) is 23.5. The third kappa shape index (κ3) is 5.13. The van der Waals surface area contributed by atoms with Crippen molar-refractivity contribution in [2.45, 2.75) is 31.7 Å². The Balaban J connectivity index is 1.44. The number of ether oxygens (including phenoxy) is 1. The summed E-state index contributed by atoms with van der Waals surface area (Å²) in [6.07, 6.45) is 0.665. The molecule has 2 heterocycles. The number of rotatable bonds is 7. The van der Waals surface area contributed by atoms with E-state index in [9.17, 15) is 13.2 Å². The lowest BCUT2D eigenvalue weighted by atomic mass is 10.0. The fraction of sp³-hybridized carbons (Fsp3) is 0.320. The number of carbonyl (C=O) groups excluding carboxylic acids is 1. The molecule has 1 aliphatic heterocycles. The summed E-state index contributed by atoms with van der Waals surface area (Å²) in [5.74, 6) is 0.447. The van der Waals surface area contributed by atoms with Crippen LogP contribution in [0.3, 0.4) is 0 Å². The molecule has 0 radical (unpaired) electrons. The molecule has 2 aromatic carbocycles. The van der Waals surface area contributed by atoms with Crippen LogP contribution in [0, 0.1) is 13.8 Å². The number of likely N-dealkylation sites (N-methyl/N-ethyl adjacent to an activating group) is 1. The van der Waals surface area contributed by atoms with Gasteiger partial charge in [-0.2, -0.15) is 4.31 Å². The Morgan fingerprint density at radius 1 is 1.09 bits per heavy atom. The van der Waals surface area contributed by atoms with Crippen molar-refractivity contribution in [3.63, 3.8) is 0 Å². The molecule has 0 atom stereocenters. The SMILES string of the molecule is Cc1cc(C)cc(OCCN(C)C(=O)c2sccc2S(=O)(=O)N2CCc3ccccc3C2)c1. The van der Waals surface area contributed by atoms with Gasteiger partial charge < -0.3 is 9.64 Å². The molecule has 0 saturated heterocycles. The third-order valence-corrected chi connectivity index (χ3v) is 8.69. The Hall–Kier alpha value is -2.68. The van der Waals surface area contributed by atoms with E-state index in [1.807, 2.05) is 50.2 Å². The largest absolute Gasteiger partial charge is 0.492 e. The number of carbonyl (C=O) groups is 1. The van der Waals surface area contributed by atoms with Crippen molar-refractivity contribution in [3.8, 4) is 5.75 Å². The molecule has 0 N–H and O–H groups in total. The van der Waals surface area contributed by atoms with Gasteiger partial charge in [-0.25, -0.2) is 8.42 Å². The standard InChI is InChI=1S/C25H28N2O4S2/c1-18-14-19(2)16-22(15-18)31-12-11-26(3)25(28)24-23(9-13-32-24)33(29,30)27-10-8-20-6-4-5-7-21(20)17-27/h4-7,9,13-16H,8,10-12,17H2,1-3H3. The van der Waals surface area contributed by atoms with E-state index in [2.05, 4.69) is 6.07 Å². The van der Waals surface area contributed by atoms with Crippen LogP contribution in [0.2, 0.25) is 0 Å². The van der Waals surface area contributed by atoms with Gasteiger partial charge >= 0.3 is 0 Å². The first-order valence-electron chi connectivity index (χ1n) is 10.9. The molecular formula is C25H28N2O4S2. The monoisotopic (exact) mass is 484 g/mol. The zero-order valence-corrected chi connectivity index (χ0v) is 20.7. The van der Waals surface area contributed by atoms with Crippen LogP contribution in [0.5, 0.6) is 5.75 Å². The predicted octanol–water partition coefficient (Wildman–Crippen LogP) is 4.26. The summed E-state index contributed by atoms with van der Waals surface area (Å²) in [4.78, 5) is 14.9. The van der Waals surface area contributed by atoms with Gasteiger partial charge in [-0.3, -0.25) is 4.79 Å². The van der Waals surface area contributed by atoms with Crippen molar-refractivity contribution in [2.24, 2.45) is 0 Å². The second-order valence-corrected chi connectivity index (χ2v) is 11.2. The normalized spacial score (nSPS) is 14.0. The smallest absolute Gasteiger partial charge is 0.265 e. The van der Waals surface area contributed by atoms with Gasteiger partial charge in [-0.1, -0.05) is 30.3 Å². The van der Waals surface area contributed by atoms with Gasteiger partial charge in [0.05, 0.1) is 6.54 Å². The molecular weight excluding hydrogens is 456 g/mol. The fourth-order valence-electron chi connectivity index (χ4n) is 4.06. The maximum Gasteiger partial charge on any atom is 0.265 e. The lowest BCUT2D eigenvalue weighted by molar-refractivity contribution is 0.0775. The van der Waals surface area contributed by atoms with E-state index >= 15 is 0 Å². The van der Waals surface area contributed by atoms with Gasteiger partial charge in [-0.05, 0) is 66.1 Å². The van der Waals surface area contributed by atoms with Crippen LogP contribution in [-0.4, -0.2) is 50.3 Å². The number of hydrogen-bond acceptors (Lipinski definition) is 5. The van der Waals surface area contributed by atoms with Crippen molar-refractivity contribution in [3.05, 3.63) is 81.0 Å². The van der Waals surface area contributed by atoms with E-state index in [1.54, 1.807) is 12.4 Å². The molecule has 4 rings (SSSR count). The molecule has 1 aromatic heterocycles. The Morgan fingerprint density at radius 3 is 2.52 bits per heavy atom. The summed E-state index contributed by atoms with van der Waals surface area (Å²) in [5.41, 5.74) is 4.41. The molecule has 174 valence electrons. The number of benzene rings is 2. The van der Waals surface area contributed by atoms with E-state index < -0.39 is 10.0 Å². The van der Waals surface area contributed by atoms with Crippen LogP contribution < -0.4 is 4.74 Å². The topological polar surface area (TPSA) is 66.9 Å². The summed E-state index contributed by atoms with van der Waals surface area (Å²) in [5, 5.41) is 1.66. The molecule has 8 heteroatoms. The average molecular weight is 485 g/mol. The molecule has 6 nitrogen and oxygen atoms in total. The zero-order chi connectivity index (χ0) is 23.6. The minimum atomic E-state index is -3.78. The maximum absolute atomic E-state index is 13.4.